The van der Waals surface area contributed by atoms with Crippen molar-refractivity contribution in [2.45, 2.75) is 32.2 Å². The van der Waals surface area contributed by atoms with Crippen LogP contribution in [-0.2, 0) is 4.79 Å². The molecule has 0 bridgehead atoms. The molecule has 0 spiro atoms. The van der Waals surface area contributed by atoms with Crippen LogP contribution in [0.5, 0.6) is 5.75 Å². The van der Waals surface area contributed by atoms with Crippen molar-refractivity contribution in [1.29, 1.82) is 0 Å². The van der Waals surface area contributed by atoms with Gasteiger partial charge in [-0.25, -0.2) is 0 Å². The summed E-state index contributed by atoms with van der Waals surface area (Å²) >= 11 is 3.45. The number of halogens is 1. The quantitative estimate of drug-likeness (QED) is 0.874. The maximum absolute atomic E-state index is 12.3. The summed E-state index contributed by atoms with van der Waals surface area (Å²) in [6.07, 6.45) is 5.77. The number of carbonyl (C=O) groups excluding carboxylic acids is 1. The number of amides is 1. The number of benzene rings is 1. The van der Waals surface area contributed by atoms with Crippen molar-refractivity contribution in [3.63, 3.8) is 0 Å². The van der Waals surface area contributed by atoms with E-state index in [-0.39, 0.29) is 5.91 Å². The van der Waals surface area contributed by atoms with Gasteiger partial charge in [0, 0.05) is 29.2 Å². The van der Waals surface area contributed by atoms with Crippen LogP contribution >= 0.6 is 15.9 Å². The molecule has 2 heterocycles. The lowest BCUT2D eigenvalue weighted by Gasteiger charge is -2.33. The minimum atomic E-state index is -0.0275. The minimum absolute atomic E-state index is 0.0275. The molecule has 1 N–H and O–H groups in total. The van der Waals surface area contributed by atoms with Gasteiger partial charge in [-0.3, -0.25) is 9.69 Å². The van der Waals surface area contributed by atoms with Gasteiger partial charge in [0.1, 0.15) is 12.4 Å². The van der Waals surface area contributed by atoms with Gasteiger partial charge in [0.2, 0.25) is 0 Å². The van der Waals surface area contributed by atoms with Crippen LogP contribution in [-0.4, -0.2) is 43.1 Å². The topological polar surface area (TPSA) is 41.6 Å². The molecule has 2 aliphatic heterocycles. The Kier molecular flexibility index (Phi) is 5.38. The zero-order chi connectivity index (χ0) is 16.2. The van der Waals surface area contributed by atoms with E-state index >= 15 is 0 Å². The Bertz CT molecular complexity index is 615. The highest BCUT2D eigenvalue weighted by atomic mass is 79.9. The summed E-state index contributed by atoms with van der Waals surface area (Å²) in [7, 11) is 0. The maximum Gasteiger partial charge on any atom is 0.250 e. The van der Waals surface area contributed by atoms with Crippen LogP contribution in [0, 0.1) is 0 Å². The Morgan fingerprint density at radius 3 is 3.13 bits per heavy atom. The smallest absolute Gasteiger partial charge is 0.250 e. The molecule has 23 heavy (non-hydrogen) atoms. The summed E-state index contributed by atoms with van der Waals surface area (Å²) < 4.78 is 6.65. The van der Waals surface area contributed by atoms with Gasteiger partial charge in [0.15, 0.2) is 0 Å². The summed E-state index contributed by atoms with van der Waals surface area (Å²) in [6.45, 7) is 5.35. The molecule has 0 radical (unpaired) electrons. The number of likely N-dealkylation sites (tertiary alicyclic amines) is 1. The molecule has 1 fully saturated rings. The number of ether oxygens (including phenoxy) is 1. The van der Waals surface area contributed by atoms with Gasteiger partial charge < -0.3 is 10.1 Å². The van der Waals surface area contributed by atoms with Crippen molar-refractivity contribution in [3.05, 3.63) is 33.8 Å². The second-order valence-electron chi connectivity index (χ2n) is 6.28. The lowest BCUT2D eigenvalue weighted by molar-refractivity contribution is -0.117. The van der Waals surface area contributed by atoms with Gasteiger partial charge in [-0.2, -0.15) is 0 Å². The molecule has 5 heteroatoms. The zero-order valence-corrected chi connectivity index (χ0v) is 15.1. The first-order valence-electron chi connectivity index (χ1n) is 8.28. The molecule has 4 nitrogen and oxygen atoms in total. The number of nitrogens with one attached hydrogen (secondary N) is 1. The first-order chi connectivity index (χ1) is 11.1. The lowest BCUT2D eigenvalue weighted by atomic mass is 10.0. The van der Waals surface area contributed by atoms with Crippen LogP contribution in [0.15, 0.2) is 28.2 Å². The van der Waals surface area contributed by atoms with Crippen molar-refractivity contribution in [2.75, 3.05) is 26.2 Å². The van der Waals surface area contributed by atoms with Crippen molar-refractivity contribution >= 4 is 27.9 Å². The number of piperidine rings is 1. The molecule has 0 aliphatic carbocycles. The van der Waals surface area contributed by atoms with Gasteiger partial charge in [0.25, 0.3) is 5.91 Å². The molecule has 1 aromatic carbocycles. The van der Waals surface area contributed by atoms with Crippen LogP contribution in [0.2, 0.25) is 0 Å². The number of fused-ring (bicyclic) bond motifs is 1. The Labute approximate surface area is 146 Å². The maximum atomic E-state index is 12.3. The first-order valence-corrected chi connectivity index (χ1v) is 9.08. The molecule has 1 aromatic rings. The fraction of sp³-hybridized carbons (Fsp3) is 0.500. The van der Waals surface area contributed by atoms with E-state index in [0.29, 0.717) is 24.8 Å². The third kappa shape index (κ3) is 4.15. The largest absolute Gasteiger partial charge is 0.488 e. The van der Waals surface area contributed by atoms with Crippen molar-refractivity contribution < 1.29 is 9.53 Å². The molecule has 2 aliphatic rings. The monoisotopic (exact) mass is 378 g/mol. The van der Waals surface area contributed by atoms with Gasteiger partial charge in [-0.05, 0) is 50.6 Å². The Morgan fingerprint density at radius 1 is 1.43 bits per heavy atom. The number of hydrogen-bond donors (Lipinski definition) is 1. The summed E-state index contributed by atoms with van der Waals surface area (Å²) in [5.74, 6) is 0.798. The molecule has 1 atom stereocenters. The van der Waals surface area contributed by atoms with Crippen LogP contribution in [0.1, 0.15) is 31.7 Å². The molecular weight excluding hydrogens is 356 g/mol. The van der Waals surface area contributed by atoms with Crippen LogP contribution in [0.3, 0.4) is 0 Å². The van der Waals surface area contributed by atoms with Crippen LogP contribution in [0.25, 0.3) is 6.08 Å². The summed E-state index contributed by atoms with van der Waals surface area (Å²) in [4.78, 5) is 14.8. The molecule has 0 saturated carbocycles. The fourth-order valence-electron chi connectivity index (χ4n) is 3.20. The second kappa shape index (κ2) is 7.49. The van der Waals surface area contributed by atoms with Gasteiger partial charge in [-0.15, -0.1) is 0 Å². The van der Waals surface area contributed by atoms with Gasteiger partial charge >= 0.3 is 0 Å². The van der Waals surface area contributed by atoms with Crippen molar-refractivity contribution in [1.82, 2.24) is 10.2 Å². The van der Waals surface area contributed by atoms with Crippen LogP contribution < -0.4 is 10.1 Å². The van der Waals surface area contributed by atoms with E-state index < -0.39 is 0 Å². The SMILES string of the molecule is CC1CCCCN1CCNC(=O)C1=Cc2cc(Br)ccc2OC1. The predicted octanol–water partition coefficient (Wildman–Crippen LogP) is 3.22. The third-order valence-corrected chi connectivity index (χ3v) is 5.09. The van der Waals surface area contributed by atoms with E-state index in [1.807, 2.05) is 24.3 Å². The summed E-state index contributed by atoms with van der Waals surface area (Å²) in [5.41, 5.74) is 1.63. The van der Waals surface area contributed by atoms with Gasteiger partial charge in [-0.1, -0.05) is 22.4 Å². The number of nitrogens with zero attached hydrogens (tertiary/aromatic N) is 1. The Morgan fingerprint density at radius 2 is 2.30 bits per heavy atom. The predicted molar refractivity (Wildman–Crippen MR) is 95.5 cm³/mol. The van der Waals surface area contributed by atoms with E-state index in [0.717, 1.165) is 28.9 Å². The molecule has 1 amide bonds. The standard InChI is InChI=1S/C18H23BrN2O2/c1-13-4-2-3-8-21(13)9-7-20-18(22)15-10-14-11-16(19)5-6-17(14)23-12-15/h5-6,10-11,13H,2-4,7-9,12H2,1H3,(H,20,22). The fourth-order valence-corrected chi connectivity index (χ4v) is 3.57. The number of hydrogen-bond acceptors (Lipinski definition) is 3. The molecule has 124 valence electrons. The minimum Gasteiger partial charge on any atom is -0.488 e. The van der Waals surface area contributed by atoms with E-state index in [9.17, 15) is 4.79 Å². The summed E-state index contributed by atoms with van der Waals surface area (Å²) in [5, 5.41) is 3.03. The number of rotatable bonds is 4. The molecule has 0 aromatic heterocycles. The molecule has 1 saturated heterocycles. The summed E-state index contributed by atoms with van der Waals surface area (Å²) in [6, 6.07) is 6.46. The first kappa shape index (κ1) is 16.5. The van der Waals surface area contributed by atoms with Crippen LogP contribution in [0.4, 0.5) is 0 Å². The highest BCUT2D eigenvalue weighted by Gasteiger charge is 2.19. The Hall–Kier alpha value is -1.33. The van der Waals surface area contributed by atoms with E-state index in [2.05, 4.69) is 33.1 Å². The van der Waals surface area contributed by atoms with E-state index in [1.54, 1.807) is 0 Å². The van der Waals surface area contributed by atoms with Crippen molar-refractivity contribution in [2.24, 2.45) is 0 Å². The highest BCUT2D eigenvalue weighted by molar-refractivity contribution is 9.10. The van der Waals surface area contributed by atoms with E-state index in [1.165, 1.54) is 19.3 Å². The third-order valence-electron chi connectivity index (χ3n) is 4.60. The molecule has 1 unspecified atom stereocenters. The molecular formula is C18H23BrN2O2. The lowest BCUT2D eigenvalue weighted by Crippen LogP contribution is -2.42. The van der Waals surface area contributed by atoms with E-state index in [4.69, 9.17) is 4.74 Å². The zero-order valence-electron chi connectivity index (χ0n) is 13.5. The Balaban J connectivity index is 1.54. The molecule has 3 rings (SSSR count). The van der Waals surface area contributed by atoms with Gasteiger partial charge in [0.05, 0.1) is 5.57 Å². The average Bonchev–Trinajstić information content (AvgIpc) is 2.55. The normalized spacial score (nSPS) is 21.1. The van der Waals surface area contributed by atoms with Crippen molar-refractivity contribution in [3.8, 4) is 5.75 Å². The average molecular weight is 379 g/mol. The highest BCUT2D eigenvalue weighted by Crippen LogP contribution is 2.29. The number of carbonyl (C=O) groups is 1. The second-order valence-corrected chi connectivity index (χ2v) is 7.19.